The van der Waals surface area contributed by atoms with Gasteiger partial charge in [-0.2, -0.15) is 0 Å². The Morgan fingerprint density at radius 2 is 2.03 bits per heavy atom. The maximum absolute atomic E-state index is 15.1. The van der Waals surface area contributed by atoms with Crippen LogP contribution in [-0.2, 0) is 5.54 Å². The molecule has 0 aliphatic carbocycles. The fourth-order valence-electron chi connectivity index (χ4n) is 4.02. The SMILES string of the molecule is COc1cnc2c(Nc3cc(F)c(F)c([C@@]4(C)N=C(N)S[C@](C)(CO)[C@H]4C)c3)nccc2n1. The van der Waals surface area contributed by atoms with Gasteiger partial charge in [-0.25, -0.2) is 23.7 Å². The van der Waals surface area contributed by atoms with Crippen LogP contribution >= 0.6 is 11.8 Å². The second-order valence-corrected chi connectivity index (χ2v) is 9.83. The van der Waals surface area contributed by atoms with Gasteiger partial charge in [0.25, 0.3) is 0 Å². The quantitative estimate of drug-likeness (QED) is 0.512. The van der Waals surface area contributed by atoms with Crippen LogP contribution in [0.1, 0.15) is 26.3 Å². The minimum atomic E-state index is -1.21. The molecule has 0 saturated carbocycles. The van der Waals surface area contributed by atoms with Crippen LogP contribution in [0.3, 0.4) is 0 Å². The van der Waals surface area contributed by atoms with Crippen LogP contribution < -0.4 is 15.8 Å². The Bertz CT molecular complexity index is 1260. The number of aliphatic imine (C=N–C) groups is 1. The van der Waals surface area contributed by atoms with Crippen LogP contribution in [0.25, 0.3) is 11.0 Å². The van der Waals surface area contributed by atoms with Crippen molar-refractivity contribution in [3.05, 3.63) is 47.8 Å². The van der Waals surface area contributed by atoms with Crippen molar-refractivity contribution in [3.8, 4) is 5.88 Å². The number of hydrogen-bond acceptors (Lipinski definition) is 9. The molecule has 174 valence electrons. The molecule has 0 radical (unpaired) electrons. The van der Waals surface area contributed by atoms with Gasteiger partial charge in [0.05, 0.1) is 31.0 Å². The van der Waals surface area contributed by atoms with E-state index in [1.54, 1.807) is 13.0 Å². The first-order valence-corrected chi connectivity index (χ1v) is 11.0. The molecule has 3 aromatic rings. The van der Waals surface area contributed by atoms with E-state index in [4.69, 9.17) is 10.5 Å². The van der Waals surface area contributed by atoms with Crippen LogP contribution in [0.2, 0.25) is 0 Å². The van der Waals surface area contributed by atoms with E-state index in [-0.39, 0.29) is 28.9 Å². The number of methoxy groups -OCH3 is 1. The molecule has 1 aromatic carbocycles. The number of halogens is 2. The summed E-state index contributed by atoms with van der Waals surface area (Å²) in [4.78, 5) is 17.4. The molecule has 3 atom stereocenters. The first-order valence-electron chi connectivity index (χ1n) is 10.2. The van der Waals surface area contributed by atoms with Gasteiger partial charge in [-0.1, -0.05) is 18.7 Å². The van der Waals surface area contributed by atoms with Gasteiger partial charge < -0.3 is 20.9 Å². The van der Waals surface area contributed by atoms with Crippen LogP contribution in [0.15, 0.2) is 35.6 Å². The van der Waals surface area contributed by atoms with E-state index in [1.807, 2.05) is 13.8 Å². The minimum Gasteiger partial charge on any atom is -0.480 e. The fourth-order valence-corrected chi connectivity index (χ4v) is 5.20. The Morgan fingerprint density at radius 1 is 1.27 bits per heavy atom. The van der Waals surface area contributed by atoms with Gasteiger partial charge >= 0.3 is 0 Å². The van der Waals surface area contributed by atoms with E-state index in [0.717, 1.165) is 6.07 Å². The third-order valence-corrected chi connectivity index (χ3v) is 7.49. The van der Waals surface area contributed by atoms with Crippen LogP contribution in [-0.4, -0.2) is 43.7 Å². The minimum absolute atomic E-state index is 0.0217. The molecule has 8 nitrogen and oxygen atoms in total. The number of nitrogens with zero attached hydrogens (tertiary/aromatic N) is 4. The number of fused-ring (bicyclic) bond motifs is 1. The van der Waals surface area contributed by atoms with E-state index in [9.17, 15) is 9.50 Å². The zero-order valence-corrected chi connectivity index (χ0v) is 19.4. The summed E-state index contributed by atoms with van der Waals surface area (Å²) in [5, 5.41) is 13.2. The lowest BCUT2D eigenvalue weighted by molar-refractivity contribution is 0.168. The molecule has 0 saturated heterocycles. The van der Waals surface area contributed by atoms with Gasteiger partial charge in [-0.05, 0) is 26.0 Å². The Morgan fingerprint density at radius 3 is 2.73 bits per heavy atom. The number of amidine groups is 1. The highest BCUT2D eigenvalue weighted by molar-refractivity contribution is 8.15. The molecule has 0 fully saturated rings. The maximum Gasteiger partial charge on any atom is 0.232 e. The lowest BCUT2D eigenvalue weighted by Gasteiger charge is -2.46. The molecule has 2 aromatic heterocycles. The summed E-state index contributed by atoms with van der Waals surface area (Å²) >= 11 is 1.23. The van der Waals surface area contributed by atoms with Crippen molar-refractivity contribution in [2.45, 2.75) is 31.1 Å². The summed E-state index contributed by atoms with van der Waals surface area (Å²) in [6.45, 7) is 5.15. The Hall–Kier alpha value is -3.05. The van der Waals surface area contributed by atoms with Crippen LogP contribution in [0.5, 0.6) is 5.88 Å². The molecule has 1 aliphatic heterocycles. The number of aliphatic hydroxyl groups is 1. The number of benzene rings is 1. The standard InChI is InChI=1S/C22H24F2N6O2S/c1-11-21(2,10-31)33-20(25)30-22(11,3)13-7-12(8-14(23)17(13)24)28-19-18-15(5-6-26-19)29-16(32-4)9-27-18/h5-9,11,31H,10H2,1-4H3,(H2,25,30)(H,26,28)/t11-,21-,22+/m1/s1. The molecule has 4 N–H and O–H groups in total. The number of aliphatic hydroxyl groups excluding tert-OH is 1. The molecular formula is C22H24F2N6O2S. The summed E-state index contributed by atoms with van der Waals surface area (Å²) in [5.41, 5.74) is 6.06. The monoisotopic (exact) mass is 474 g/mol. The average molecular weight is 475 g/mol. The molecule has 0 unspecified atom stereocenters. The molecular weight excluding hydrogens is 450 g/mol. The zero-order valence-electron chi connectivity index (χ0n) is 18.6. The smallest absolute Gasteiger partial charge is 0.232 e. The van der Waals surface area contributed by atoms with Crippen molar-refractivity contribution in [1.82, 2.24) is 15.0 Å². The summed E-state index contributed by atoms with van der Waals surface area (Å²) in [6.07, 6.45) is 2.97. The first kappa shape index (κ1) is 23.1. The van der Waals surface area contributed by atoms with Gasteiger partial charge in [0.1, 0.15) is 5.52 Å². The highest BCUT2D eigenvalue weighted by Gasteiger charge is 2.50. The predicted octanol–water partition coefficient (Wildman–Crippen LogP) is 3.72. The molecule has 0 bridgehead atoms. The number of nitrogens with one attached hydrogen (secondary N) is 1. The number of hydrogen-bond donors (Lipinski definition) is 3. The number of thioether (sulfide) groups is 1. The summed E-state index contributed by atoms with van der Waals surface area (Å²) in [7, 11) is 1.49. The van der Waals surface area contributed by atoms with Crippen molar-refractivity contribution >= 4 is 39.5 Å². The Kier molecular flexibility index (Phi) is 5.87. The van der Waals surface area contributed by atoms with Crippen molar-refractivity contribution in [2.75, 3.05) is 19.0 Å². The molecule has 4 rings (SSSR count). The highest BCUT2D eigenvalue weighted by Crippen LogP contribution is 2.50. The van der Waals surface area contributed by atoms with Gasteiger partial charge in [0.15, 0.2) is 22.6 Å². The van der Waals surface area contributed by atoms with E-state index in [2.05, 4.69) is 25.3 Å². The van der Waals surface area contributed by atoms with E-state index in [1.165, 1.54) is 37.3 Å². The molecule has 0 amide bonds. The van der Waals surface area contributed by atoms with Crippen LogP contribution in [0.4, 0.5) is 20.3 Å². The van der Waals surface area contributed by atoms with Gasteiger partial charge in [0, 0.05) is 34.2 Å². The molecule has 0 spiro atoms. The van der Waals surface area contributed by atoms with Crippen LogP contribution in [0, 0.1) is 17.6 Å². The van der Waals surface area contributed by atoms with E-state index < -0.39 is 21.9 Å². The third kappa shape index (κ3) is 3.95. The molecule has 3 heterocycles. The van der Waals surface area contributed by atoms with Gasteiger partial charge in [-0.3, -0.25) is 4.99 Å². The number of anilines is 2. The molecule has 1 aliphatic rings. The van der Waals surface area contributed by atoms with Crippen molar-refractivity contribution in [3.63, 3.8) is 0 Å². The average Bonchev–Trinajstić information content (AvgIpc) is 2.79. The van der Waals surface area contributed by atoms with Crippen molar-refractivity contribution in [2.24, 2.45) is 16.6 Å². The third-order valence-electron chi connectivity index (χ3n) is 6.24. The number of pyridine rings is 1. The van der Waals surface area contributed by atoms with Gasteiger partial charge in [-0.15, -0.1) is 0 Å². The summed E-state index contributed by atoms with van der Waals surface area (Å²) in [6, 6.07) is 4.19. The van der Waals surface area contributed by atoms with E-state index in [0.29, 0.717) is 22.7 Å². The predicted molar refractivity (Wildman–Crippen MR) is 125 cm³/mol. The topological polar surface area (TPSA) is 119 Å². The highest BCUT2D eigenvalue weighted by atomic mass is 32.2. The molecule has 33 heavy (non-hydrogen) atoms. The normalized spacial score (nSPS) is 25.1. The second kappa shape index (κ2) is 8.38. The zero-order chi connectivity index (χ0) is 24.0. The summed E-state index contributed by atoms with van der Waals surface area (Å²) < 4.78 is 34.3. The second-order valence-electron chi connectivity index (χ2n) is 8.28. The van der Waals surface area contributed by atoms with E-state index >= 15 is 4.39 Å². The number of aromatic nitrogens is 3. The van der Waals surface area contributed by atoms with Crippen molar-refractivity contribution < 1.29 is 18.6 Å². The van der Waals surface area contributed by atoms with Gasteiger partial charge in [0.2, 0.25) is 5.88 Å². The largest absolute Gasteiger partial charge is 0.480 e. The first-order chi connectivity index (χ1) is 15.6. The Balaban J connectivity index is 1.81. The lowest BCUT2D eigenvalue weighted by Crippen LogP contribution is -2.50. The number of rotatable bonds is 5. The summed E-state index contributed by atoms with van der Waals surface area (Å²) in [5.74, 6) is -1.77. The fraction of sp³-hybridized carbons (Fsp3) is 0.364. The van der Waals surface area contributed by atoms with Crippen molar-refractivity contribution in [1.29, 1.82) is 0 Å². The number of ether oxygens (including phenoxy) is 1. The Labute approximate surface area is 193 Å². The number of nitrogens with two attached hydrogens (primary N) is 1. The molecule has 11 heteroatoms. The maximum atomic E-state index is 15.1. The lowest BCUT2D eigenvalue weighted by atomic mass is 9.74.